The Morgan fingerprint density at radius 1 is 1.15 bits per heavy atom. The number of aryl methyl sites for hydroxylation is 1. The number of halogens is 3. The van der Waals surface area contributed by atoms with E-state index in [1.165, 1.54) is 24.3 Å². The number of carbonyl (C=O) groups is 1. The molecular formula is C18H15F3N4OS. The van der Waals surface area contributed by atoms with E-state index in [9.17, 15) is 18.0 Å². The number of amides is 1. The molecule has 27 heavy (non-hydrogen) atoms. The van der Waals surface area contributed by atoms with Crippen LogP contribution < -0.4 is 5.32 Å². The molecule has 0 aliphatic carbocycles. The number of rotatable bonds is 5. The predicted molar refractivity (Wildman–Crippen MR) is 95.6 cm³/mol. The predicted octanol–water partition coefficient (Wildman–Crippen LogP) is 4.12. The fraction of sp³-hybridized carbons (Fsp3) is 0.167. The third-order valence-electron chi connectivity index (χ3n) is 3.69. The molecule has 140 valence electrons. The number of benzene rings is 1. The first-order valence-electron chi connectivity index (χ1n) is 7.91. The van der Waals surface area contributed by atoms with E-state index in [2.05, 4.69) is 15.3 Å². The van der Waals surface area contributed by atoms with Gasteiger partial charge in [0.05, 0.1) is 0 Å². The summed E-state index contributed by atoms with van der Waals surface area (Å²) in [4.78, 5) is 20.7. The number of carbonyl (C=O) groups excluding carboxylic acids is 1. The van der Waals surface area contributed by atoms with Crippen LogP contribution in [0, 0.1) is 6.92 Å². The minimum Gasteiger partial charge on any atom is -0.348 e. The Hall–Kier alpha value is -2.81. The van der Waals surface area contributed by atoms with Gasteiger partial charge in [-0.1, -0.05) is 0 Å². The fourth-order valence-electron chi connectivity index (χ4n) is 2.41. The first-order valence-corrected chi connectivity index (χ1v) is 8.73. The summed E-state index contributed by atoms with van der Waals surface area (Å²) in [6, 6.07) is 8.91. The highest BCUT2D eigenvalue weighted by atomic mass is 32.2. The SMILES string of the molecule is Cc1nccn1-c1cc(CNC(=O)c2ccc(SC(F)(F)F)cc2)ccn1. The largest absolute Gasteiger partial charge is 0.446 e. The second-order valence-corrected chi connectivity index (χ2v) is 6.76. The molecule has 0 unspecified atom stereocenters. The highest BCUT2D eigenvalue weighted by Gasteiger charge is 2.29. The molecule has 2 aromatic heterocycles. The number of imidazole rings is 1. The van der Waals surface area contributed by atoms with Crippen molar-refractivity contribution in [1.82, 2.24) is 19.9 Å². The third kappa shape index (κ3) is 5.10. The average molecular weight is 392 g/mol. The quantitative estimate of drug-likeness (QED) is 0.664. The molecule has 0 aliphatic rings. The molecule has 3 aromatic rings. The van der Waals surface area contributed by atoms with Crippen molar-refractivity contribution in [2.75, 3.05) is 0 Å². The van der Waals surface area contributed by atoms with E-state index < -0.39 is 5.51 Å². The van der Waals surface area contributed by atoms with Gasteiger partial charge in [-0.05, 0) is 60.6 Å². The molecule has 1 aromatic carbocycles. The van der Waals surface area contributed by atoms with Crippen LogP contribution in [-0.4, -0.2) is 26.0 Å². The number of nitrogens with one attached hydrogen (secondary N) is 1. The highest BCUT2D eigenvalue weighted by Crippen LogP contribution is 2.36. The third-order valence-corrected chi connectivity index (χ3v) is 4.42. The van der Waals surface area contributed by atoms with Crippen LogP contribution in [0.4, 0.5) is 13.2 Å². The van der Waals surface area contributed by atoms with E-state index >= 15 is 0 Å². The van der Waals surface area contributed by atoms with Crippen molar-refractivity contribution >= 4 is 17.7 Å². The van der Waals surface area contributed by atoms with Gasteiger partial charge >= 0.3 is 5.51 Å². The van der Waals surface area contributed by atoms with Gasteiger partial charge in [0.15, 0.2) is 0 Å². The maximum atomic E-state index is 12.3. The van der Waals surface area contributed by atoms with Gasteiger partial charge in [0.25, 0.3) is 5.91 Å². The van der Waals surface area contributed by atoms with Gasteiger partial charge in [-0.15, -0.1) is 0 Å². The molecular weight excluding hydrogens is 377 g/mol. The molecule has 1 amide bonds. The molecule has 5 nitrogen and oxygen atoms in total. The Kier molecular flexibility index (Phi) is 5.50. The van der Waals surface area contributed by atoms with Crippen LogP contribution in [0.25, 0.3) is 5.82 Å². The van der Waals surface area contributed by atoms with Crippen LogP contribution in [0.5, 0.6) is 0 Å². The lowest BCUT2D eigenvalue weighted by atomic mass is 10.2. The van der Waals surface area contributed by atoms with E-state index in [4.69, 9.17) is 0 Å². The molecule has 0 atom stereocenters. The second kappa shape index (κ2) is 7.83. The lowest BCUT2D eigenvalue weighted by molar-refractivity contribution is -0.0328. The summed E-state index contributed by atoms with van der Waals surface area (Å²) in [5.41, 5.74) is -3.22. The first-order chi connectivity index (χ1) is 12.8. The summed E-state index contributed by atoms with van der Waals surface area (Å²) >= 11 is -0.213. The number of aromatic nitrogens is 3. The van der Waals surface area contributed by atoms with E-state index in [1.54, 1.807) is 24.7 Å². The minimum atomic E-state index is -4.35. The Balaban J connectivity index is 1.63. The molecule has 0 spiro atoms. The summed E-state index contributed by atoms with van der Waals surface area (Å²) in [5.74, 6) is 1.11. The molecule has 0 fully saturated rings. The number of hydrogen-bond donors (Lipinski definition) is 1. The zero-order valence-corrected chi connectivity index (χ0v) is 15.0. The van der Waals surface area contributed by atoms with Crippen LogP contribution in [0.3, 0.4) is 0 Å². The number of nitrogens with zero attached hydrogens (tertiary/aromatic N) is 3. The summed E-state index contributed by atoms with van der Waals surface area (Å²) in [6.07, 6.45) is 5.10. The maximum Gasteiger partial charge on any atom is 0.446 e. The fourth-order valence-corrected chi connectivity index (χ4v) is 2.95. The van der Waals surface area contributed by atoms with Gasteiger partial charge in [-0.25, -0.2) is 9.97 Å². The van der Waals surface area contributed by atoms with Gasteiger partial charge < -0.3 is 5.32 Å². The van der Waals surface area contributed by atoms with Crippen molar-refractivity contribution in [3.8, 4) is 5.82 Å². The van der Waals surface area contributed by atoms with Crippen molar-refractivity contribution in [3.05, 3.63) is 71.9 Å². The Labute approximate surface area is 157 Å². The van der Waals surface area contributed by atoms with E-state index in [0.29, 0.717) is 11.4 Å². The van der Waals surface area contributed by atoms with Crippen LogP contribution in [0.2, 0.25) is 0 Å². The zero-order chi connectivity index (χ0) is 19.4. The molecule has 0 saturated heterocycles. The van der Waals surface area contributed by atoms with Gasteiger partial charge in [0, 0.05) is 35.6 Å². The molecule has 0 bridgehead atoms. The number of alkyl halides is 3. The number of hydrogen-bond acceptors (Lipinski definition) is 4. The van der Waals surface area contributed by atoms with E-state index in [-0.39, 0.29) is 29.1 Å². The molecule has 2 heterocycles. The normalized spacial score (nSPS) is 11.4. The van der Waals surface area contributed by atoms with Crippen LogP contribution in [0.1, 0.15) is 21.7 Å². The van der Waals surface area contributed by atoms with Crippen molar-refractivity contribution < 1.29 is 18.0 Å². The lowest BCUT2D eigenvalue weighted by Gasteiger charge is -2.09. The first kappa shape index (κ1) is 19.0. The topological polar surface area (TPSA) is 59.8 Å². The van der Waals surface area contributed by atoms with E-state index in [0.717, 1.165) is 11.4 Å². The molecule has 3 rings (SSSR count). The number of pyridine rings is 1. The van der Waals surface area contributed by atoms with Crippen molar-refractivity contribution in [2.24, 2.45) is 0 Å². The molecule has 0 radical (unpaired) electrons. The Bertz CT molecular complexity index is 938. The highest BCUT2D eigenvalue weighted by molar-refractivity contribution is 8.00. The van der Waals surface area contributed by atoms with Crippen LogP contribution in [-0.2, 0) is 6.54 Å². The minimum absolute atomic E-state index is 0.0357. The summed E-state index contributed by atoms with van der Waals surface area (Å²) in [5, 5.41) is 2.75. The Morgan fingerprint density at radius 3 is 2.52 bits per heavy atom. The van der Waals surface area contributed by atoms with Gasteiger partial charge in [-0.2, -0.15) is 13.2 Å². The molecule has 1 N–H and O–H groups in total. The smallest absolute Gasteiger partial charge is 0.348 e. The summed E-state index contributed by atoms with van der Waals surface area (Å²) < 4.78 is 38.8. The molecule has 0 aliphatic heterocycles. The average Bonchev–Trinajstić information content (AvgIpc) is 3.05. The standard InChI is InChI=1S/C18H15F3N4OS/c1-12-22-8-9-25(12)16-10-13(6-7-23-16)11-24-17(26)14-2-4-15(5-3-14)27-18(19,20)21/h2-10H,11H2,1H3,(H,24,26). The molecule has 9 heteroatoms. The monoisotopic (exact) mass is 392 g/mol. The van der Waals surface area contributed by atoms with Crippen molar-refractivity contribution in [2.45, 2.75) is 23.9 Å². The number of thioether (sulfide) groups is 1. The van der Waals surface area contributed by atoms with Gasteiger partial charge in [0.2, 0.25) is 0 Å². The summed E-state index contributed by atoms with van der Waals surface area (Å²) in [6.45, 7) is 2.12. The van der Waals surface area contributed by atoms with Crippen LogP contribution >= 0.6 is 11.8 Å². The second-order valence-electron chi connectivity index (χ2n) is 5.62. The van der Waals surface area contributed by atoms with E-state index in [1.807, 2.05) is 17.6 Å². The lowest BCUT2D eigenvalue weighted by Crippen LogP contribution is -2.22. The van der Waals surface area contributed by atoms with Crippen molar-refractivity contribution in [1.29, 1.82) is 0 Å². The van der Waals surface area contributed by atoms with Gasteiger partial charge in [-0.3, -0.25) is 9.36 Å². The van der Waals surface area contributed by atoms with Gasteiger partial charge in [0.1, 0.15) is 11.6 Å². The maximum absolute atomic E-state index is 12.3. The summed E-state index contributed by atoms with van der Waals surface area (Å²) in [7, 11) is 0. The molecule has 0 saturated carbocycles. The van der Waals surface area contributed by atoms with Crippen LogP contribution in [0.15, 0.2) is 59.9 Å². The van der Waals surface area contributed by atoms with Crippen molar-refractivity contribution in [3.63, 3.8) is 0 Å². The zero-order valence-electron chi connectivity index (χ0n) is 14.2. The Morgan fingerprint density at radius 2 is 1.89 bits per heavy atom.